The van der Waals surface area contributed by atoms with Gasteiger partial charge in [-0.2, -0.15) is 0 Å². The predicted molar refractivity (Wildman–Crippen MR) is 161 cm³/mol. The lowest BCUT2D eigenvalue weighted by atomic mass is 9.89. The summed E-state index contributed by atoms with van der Waals surface area (Å²) >= 11 is 0. The molecule has 4 aromatic carbocycles. The van der Waals surface area contributed by atoms with E-state index in [1.54, 1.807) is 12.1 Å². The molecule has 5 rings (SSSR count). The van der Waals surface area contributed by atoms with Crippen LogP contribution in [-0.4, -0.2) is 36.0 Å². The molecule has 0 bridgehead atoms. The minimum absolute atomic E-state index is 0.145. The van der Waals surface area contributed by atoms with Crippen LogP contribution in [0.15, 0.2) is 108 Å². The van der Waals surface area contributed by atoms with E-state index in [0.717, 1.165) is 36.3 Å². The first-order chi connectivity index (χ1) is 19.5. The smallest absolute Gasteiger partial charge is 0.251 e. The molecular formula is C34H34N4O2. The molecule has 202 valence electrons. The molecule has 0 saturated heterocycles. The van der Waals surface area contributed by atoms with Crippen LogP contribution in [0.25, 0.3) is 0 Å². The van der Waals surface area contributed by atoms with Crippen LogP contribution in [0, 0.1) is 0 Å². The average molecular weight is 531 g/mol. The third kappa shape index (κ3) is 6.35. The quantitative estimate of drug-likeness (QED) is 0.236. The highest BCUT2D eigenvalue weighted by Crippen LogP contribution is 2.37. The Morgan fingerprint density at radius 3 is 2.17 bits per heavy atom. The van der Waals surface area contributed by atoms with E-state index in [1.807, 2.05) is 61.5 Å². The van der Waals surface area contributed by atoms with Gasteiger partial charge in [-0.05, 0) is 66.1 Å². The number of fused-ring (bicyclic) bond motifs is 1. The second-order valence-corrected chi connectivity index (χ2v) is 10.2. The van der Waals surface area contributed by atoms with Crippen molar-refractivity contribution in [2.45, 2.75) is 32.4 Å². The van der Waals surface area contributed by atoms with Gasteiger partial charge in [0.05, 0.1) is 11.4 Å². The summed E-state index contributed by atoms with van der Waals surface area (Å²) in [6.45, 7) is 4.30. The number of benzene rings is 4. The number of anilines is 1. The Hall–Kier alpha value is -4.55. The van der Waals surface area contributed by atoms with Gasteiger partial charge in [-0.1, -0.05) is 79.7 Å². The van der Waals surface area contributed by atoms with Crippen LogP contribution in [0.5, 0.6) is 0 Å². The fourth-order valence-electron chi connectivity index (χ4n) is 5.00. The van der Waals surface area contributed by atoms with Gasteiger partial charge in [0.25, 0.3) is 5.91 Å². The van der Waals surface area contributed by atoms with Crippen LogP contribution < -0.4 is 10.6 Å². The zero-order valence-electron chi connectivity index (χ0n) is 22.9. The van der Waals surface area contributed by atoms with E-state index in [2.05, 4.69) is 59.0 Å². The van der Waals surface area contributed by atoms with Crippen LogP contribution in [0.3, 0.4) is 0 Å². The second-order valence-electron chi connectivity index (χ2n) is 10.2. The molecule has 6 nitrogen and oxygen atoms in total. The second kappa shape index (κ2) is 12.5. The maximum Gasteiger partial charge on any atom is 0.251 e. The maximum absolute atomic E-state index is 13.3. The normalized spacial score (nSPS) is 14.6. The molecular weight excluding hydrogens is 496 g/mol. The van der Waals surface area contributed by atoms with E-state index in [-0.39, 0.29) is 11.8 Å². The van der Waals surface area contributed by atoms with Crippen molar-refractivity contribution in [1.82, 2.24) is 10.2 Å². The minimum Gasteiger partial charge on any atom is -0.352 e. The summed E-state index contributed by atoms with van der Waals surface area (Å²) in [6.07, 6.45) is 0.853. The molecule has 0 spiro atoms. The lowest BCUT2D eigenvalue weighted by molar-refractivity contribution is -0.115. The number of hydrogen-bond acceptors (Lipinski definition) is 4. The van der Waals surface area contributed by atoms with Gasteiger partial charge >= 0.3 is 0 Å². The number of aliphatic imine (C=N–C) groups is 1. The lowest BCUT2D eigenvalue weighted by Crippen LogP contribution is -2.24. The number of hydrogen-bond donors (Lipinski definition) is 2. The SMILES string of the molecule is CCCNC(=O)c1ccc2c(c1)C(C(=Nc1ccc(CN(C)Cc3ccccc3)cc1)c1ccccc1)C(=O)N2. The number of carbonyl (C=O) groups excluding carboxylic acids is 2. The first-order valence-corrected chi connectivity index (χ1v) is 13.7. The Morgan fingerprint density at radius 2 is 1.50 bits per heavy atom. The Balaban J connectivity index is 1.43. The number of amides is 2. The largest absolute Gasteiger partial charge is 0.352 e. The van der Waals surface area contributed by atoms with Gasteiger partial charge in [0.15, 0.2) is 0 Å². The van der Waals surface area contributed by atoms with Crippen LogP contribution in [-0.2, 0) is 17.9 Å². The van der Waals surface area contributed by atoms with Crippen molar-refractivity contribution in [3.05, 3.63) is 131 Å². The van der Waals surface area contributed by atoms with E-state index < -0.39 is 5.92 Å². The van der Waals surface area contributed by atoms with Crippen LogP contribution in [0.2, 0.25) is 0 Å². The molecule has 0 aromatic heterocycles. The fourth-order valence-corrected chi connectivity index (χ4v) is 5.00. The molecule has 2 amide bonds. The lowest BCUT2D eigenvalue weighted by Gasteiger charge is -2.17. The number of carbonyl (C=O) groups is 2. The molecule has 4 aromatic rings. The van der Waals surface area contributed by atoms with E-state index in [0.29, 0.717) is 23.5 Å². The molecule has 1 aliphatic rings. The zero-order chi connectivity index (χ0) is 27.9. The van der Waals surface area contributed by atoms with Gasteiger partial charge in [0.1, 0.15) is 5.92 Å². The summed E-state index contributed by atoms with van der Waals surface area (Å²) < 4.78 is 0. The molecule has 40 heavy (non-hydrogen) atoms. The van der Waals surface area contributed by atoms with Gasteiger partial charge in [-0.25, -0.2) is 0 Å². The Kier molecular flexibility index (Phi) is 8.47. The summed E-state index contributed by atoms with van der Waals surface area (Å²) in [4.78, 5) is 33.3. The third-order valence-corrected chi connectivity index (χ3v) is 6.96. The summed E-state index contributed by atoms with van der Waals surface area (Å²) in [5, 5.41) is 5.91. The molecule has 1 heterocycles. The summed E-state index contributed by atoms with van der Waals surface area (Å²) in [6, 6.07) is 33.7. The highest BCUT2D eigenvalue weighted by atomic mass is 16.2. The maximum atomic E-state index is 13.3. The molecule has 0 fully saturated rings. The van der Waals surface area contributed by atoms with Crippen molar-refractivity contribution in [2.24, 2.45) is 4.99 Å². The monoisotopic (exact) mass is 530 g/mol. The molecule has 0 aliphatic carbocycles. The molecule has 1 aliphatic heterocycles. The summed E-state index contributed by atoms with van der Waals surface area (Å²) in [5.41, 5.74) is 6.75. The van der Waals surface area contributed by atoms with Gasteiger partial charge in [-0.3, -0.25) is 19.5 Å². The topological polar surface area (TPSA) is 73.8 Å². The van der Waals surface area contributed by atoms with Crippen molar-refractivity contribution in [2.75, 3.05) is 18.9 Å². The highest BCUT2D eigenvalue weighted by molar-refractivity contribution is 6.24. The van der Waals surface area contributed by atoms with Crippen molar-refractivity contribution >= 4 is 28.9 Å². The van der Waals surface area contributed by atoms with Gasteiger partial charge < -0.3 is 10.6 Å². The van der Waals surface area contributed by atoms with Gasteiger partial charge in [-0.15, -0.1) is 0 Å². The first kappa shape index (κ1) is 27.0. The van der Waals surface area contributed by atoms with Crippen LogP contribution in [0.1, 0.15) is 51.9 Å². The van der Waals surface area contributed by atoms with Gasteiger partial charge in [0.2, 0.25) is 5.91 Å². The minimum atomic E-state index is -0.631. The molecule has 1 atom stereocenters. The molecule has 2 N–H and O–H groups in total. The van der Waals surface area contributed by atoms with Crippen molar-refractivity contribution < 1.29 is 9.59 Å². The molecule has 1 unspecified atom stereocenters. The fraction of sp³-hybridized carbons (Fsp3) is 0.206. The Morgan fingerprint density at radius 1 is 0.850 bits per heavy atom. The summed E-state index contributed by atoms with van der Waals surface area (Å²) in [5.74, 6) is -0.926. The first-order valence-electron chi connectivity index (χ1n) is 13.7. The average Bonchev–Trinajstić information content (AvgIpc) is 3.31. The number of nitrogens with zero attached hydrogens (tertiary/aromatic N) is 2. The number of nitrogens with one attached hydrogen (secondary N) is 2. The number of rotatable bonds is 10. The highest BCUT2D eigenvalue weighted by Gasteiger charge is 2.36. The van der Waals surface area contributed by atoms with E-state index in [1.165, 1.54) is 11.1 Å². The van der Waals surface area contributed by atoms with Crippen LogP contribution >= 0.6 is 0 Å². The van der Waals surface area contributed by atoms with E-state index >= 15 is 0 Å². The summed E-state index contributed by atoms with van der Waals surface area (Å²) in [7, 11) is 2.11. The Labute approximate surface area is 235 Å². The van der Waals surface area contributed by atoms with Crippen molar-refractivity contribution in [1.29, 1.82) is 0 Å². The van der Waals surface area contributed by atoms with E-state index in [9.17, 15) is 9.59 Å². The molecule has 6 heteroatoms. The standard InChI is InChI=1S/C34H34N4O2/c1-3-20-35-33(39)27-16-19-30-29(21-27)31(34(40)37-30)32(26-12-8-5-9-13-26)36-28-17-14-25(15-18-28)23-38(2)22-24-10-6-4-7-11-24/h4-19,21,31H,3,20,22-23H2,1-2H3,(H,35,39)(H,37,40). The molecule has 0 radical (unpaired) electrons. The zero-order valence-corrected chi connectivity index (χ0v) is 22.9. The van der Waals surface area contributed by atoms with Gasteiger partial charge in [0, 0.05) is 30.9 Å². The molecule has 0 saturated carbocycles. The predicted octanol–water partition coefficient (Wildman–Crippen LogP) is 6.32. The van der Waals surface area contributed by atoms with E-state index in [4.69, 9.17) is 4.99 Å². The van der Waals surface area contributed by atoms with Crippen LogP contribution in [0.4, 0.5) is 11.4 Å². The van der Waals surface area contributed by atoms with Crippen molar-refractivity contribution in [3.63, 3.8) is 0 Å². The third-order valence-electron chi connectivity index (χ3n) is 6.96. The van der Waals surface area contributed by atoms with Crippen molar-refractivity contribution in [3.8, 4) is 0 Å². The Bertz CT molecular complexity index is 1500.